The summed E-state index contributed by atoms with van der Waals surface area (Å²) < 4.78 is 0.910. The van der Waals surface area contributed by atoms with E-state index in [1.807, 2.05) is 60.7 Å². The molecular formula is C21H13BrO. The van der Waals surface area contributed by atoms with E-state index < -0.39 is 0 Å². The van der Waals surface area contributed by atoms with Crippen molar-refractivity contribution < 1.29 is 4.79 Å². The first-order valence-electron chi connectivity index (χ1n) is 7.45. The summed E-state index contributed by atoms with van der Waals surface area (Å²) in [5, 5.41) is 4.17. The molecule has 23 heavy (non-hydrogen) atoms. The van der Waals surface area contributed by atoms with Gasteiger partial charge in [-0.3, -0.25) is 4.79 Å². The number of halogens is 1. The maximum atomic E-state index is 13.2. The van der Waals surface area contributed by atoms with E-state index in [1.54, 1.807) is 0 Å². The minimum absolute atomic E-state index is 0.0549. The molecule has 0 amide bonds. The van der Waals surface area contributed by atoms with Crippen LogP contribution in [0.5, 0.6) is 0 Å². The average molecular weight is 361 g/mol. The molecule has 0 atom stereocenters. The van der Waals surface area contributed by atoms with E-state index in [0.717, 1.165) is 31.6 Å². The van der Waals surface area contributed by atoms with Gasteiger partial charge < -0.3 is 0 Å². The lowest BCUT2D eigenvalue weighted by Crippen LogP contribution is -2.03. The molecule has 0 aromatic heterocycles. The lowest BCUT2D eigenvalue weighted by atomic mass is 9.92. The molecule has 0 unspecified atom stereocenters. The van der Waals surface area contributed by atoms with Crippen LogP contribution in [0.2, 0.25) is 0 Å². The molecular weight excluding hydrogens is 348 g/mol. The summed E-state index contributed by atoms with van der Waals surface area (Å²) in [4.78, 5) is 13.2. The van der Waals surface area contributed by atoms with Crippen LogP contribution in [0.25, 0.3) is 21.5 Å². The first kappa shape index (κ1) is 14.2. The molecule has 0 saturated carbocycles. The zero-order valence-corrected chi connectivity index (χ0v) is 13.9. The van der Waals surface area contributed by atoms with E-state index in [2.05, 4.69) is 34.1 Å². The smallest absolute Gasteiger partial charge is 0.194 e. The number of carbonyl (C=O) groups is 1. The molecule has 4 aromatic rings. The second-order valence-corrected chi connectivity index (χ2v) is 6.45. The molecule has 0 bridgehead atoms. The van der Waals surface area contributed by atoms with Crippen molar-refractivity contribution in [1.29, 1.82) is 0 Å². The Bertz CT molecular complexity index is 996. The summed E-state index contributed by atoms with van der Waals surface area (Å²) in [7, 11) is 0. The van der Waals surface area contributed by atoms with Crippen LogP contribution in [0.15, 0.2) is 83.3 Å². The van der Waals surface area contributed by atoms with Crippen molar-refractivity contribution in [3.05, 3.63) is 94.5 Å². The normalized spacial score (nSPS) is 11.0. The Morgan fingerprint density at radius 1 is 0.696 bits per heavy atom. The molecule has 0 heterocycles. The average Bonchev–Trinajstić information content (AvgIpc) is 2.59. The van der Waals surface area contributed by atoms with Gasteiger partial charge in [-0.05, 0) is 39.7 Å². The Morgan fingerprint density at radius 2 is 1.30 bits per heavy atom. The number of carbonyl (C=O) groups excluding carboxylic acids is 1. The number of ketones is 1. The molecule has 1 nitrogen and oxygen atoms in total. The fraction of sp³-hybridized carbons (Fsp3) is 0. The number of benzene rings is 4. The summed E-state index contributed by atoms with van der Waals surface area (Å²) >= 11 is 3.45. The van der Waals surface area contributed by atoms with Gasteiger partial charge in [-0.25, -0.2) is 0 Å². The van der Waals surface area contributed by atoms with E-state index in [4.69, 9.17) is 0 Å². The van der Waals surface area contributed by atoms with Gasteiger partial charge in [0.2, 0.25) is 0 Å². The van der Waals surface area contributed by atoms with Crippen LogP contribution in [-0.4, -0.2) is 5.78 Å². The molecule has 2 heteroatoms. The van der Waals surface area contributed by atoms with Crippen LogP contribution >= 0.6 is 15.9 Å². The van der Waals surface area contributed by atoms with Crippen molar-refractivity contribution in [2.75, 3.05) is 0 Å². The first-order valence-corrected chi connectivity index (χ1v) is 8.24. The molecule has 0 saturated heterocycles. The van der Waals surface area contributed by atoms with Gasteiger partial charge >= 0.3 is 0 Å². The molecule has 0 aliphatic heterocycles. The fourth-order valence-corrected chi connectivity index (χ4v) is 3.43. The molecule has 0 spiro atoms. The van der Waals surface area contributed by atoms with Gasteiger partial charge in [0.25, 0.3) is 0 Å². The molecule has 0 N–H and O–H groups in total. The van der Waals surface area contributed by atoms with Gasteiger partial charge in [-0.2, -0.15) is 0 Å². The number of hydrogen-bond donors (Lipinski definition) is 0. The van der Waals surface area contributed by atoms with Crippen LogP contribution in [0.4, 0.5) is 0 Å². The summed E-state index contributed by atoms with van der Waals surface area (Å²) in [5.41, 5.74) is 1.47. The summed E-state index contributed by atoms with van der Waals surface area (Å²) in [6.45, 7) is 0. The largest absolute Gasteiger partial charge is 0.289 e. The van der Waals surface area contributed by atoms with E-state index >= 15 is 0 Å². The molecule has 4 aromatic carbocycles. The predicted octanol–water partition coefficient (Wildman–Crippen LogP) is 5.99. The summed E-state index contributed by atoms with van der Waals surface area (Å²) in [5.74, 6) is 0.0549. The Kier molecular flexibility index (Phi) is 3.47. The Labute approximate surface area is 142 Å². The SMILES string of the molecule is O=C(c1cccc(Br)c1)c1c2ccccc2cc2ccccc12. The standard InChI is InChI=1S/C21H13BrO/c22-17-9-5-8-16(13-17)21(23)20-18-10-3-1-6-14(18)12-15-7-2-4-11-19(15)20/h1-13H. The van der Waals surface area contributed by atoms with Crippen molar-refractivity contribution in [3.63, 3.8) is 0 Å². The highest BCUT2D eigenvalue weighted by molar-refractivity contribution is 9.10. The Balaban J connectivity index is 2.08. The van der Waals surface area contributed by atoms with Crippen LogP contribution in [0, 0.1) is 0 Å². The number of fused-ring (bicyclic) bond motifs is 2. The third-order valence-electron chi connectivity index (χ3n) is 4.09. The third-order valence-corrected chi connectivity index (χ3v) is 4.58. The van der Waals surface area contributed by atoms with Crippen molar-refractivity contribution >= 4 is 43.3 Å². The Hall–Kier alpha value is -2.45. The van der Waals surface area contributed by atoms with Crippen molar-refractivity contribution in [2.45, 2.75) is 0 Å². The fourth-order valence-electron chi connectivity index (χ4n) is 3.03. The van der Waals surface area contributed by atoms with Crippen molar-refractivity contribution in [2.24, 2.45) is 0 Å². The predicted molar refractivity (Wildman–Crippen MR) is 99.0 cm³/mol. The molecule has 4 rings (SSSR count). The topological polar surface area (TPSA) is 17.1 Å². The zero-order chi connectivity index (χ0) is 15.8. The van der Waals surface area contributed by atoms with Gasteiger partial charge in [-0.15, -0.1) is 0 Å². The van der Waals surface area contributed by atoms with Gasteiger partial charge in [0, 0.05) is 15.6 Å². The second kappa shape index (κ2) is 5.64. The van der Waals surface area contributed by atoms with Gasteiger partial charge in [0.05, 0.1) is 0 Å². The lowest BCUT2D eigenvalue weighted by Gasteiger charge is -2.11. The molecule has 0 aliphatic carbocycles. The molecule has 0 radical (unpaired) electrons. The van der Waals surface area contributed by atoms with Crippen LogP contribution < -0.4 is 0 Å². The van der Waals surface area contributed by atoms with E-state index in [1.165, 1.54) is 0 Å². The van der Waals surface area contributed by atoms with Gasteiger partial charge in [-0.1, -0.05) is 76.6 Å². The van der Waals surface area contributed by atoms with Crippen LogP contribution in [0.1, 0.15) is 15.9 Å². The maximum absolute atomic E-state index is 13.2. The highest BCUT2D eigenvalue weighted by atomic mass is 79.9. The van der Waals surface area contributed by atoms with Crippen LogP contribution in [0.3, 0.4) is 0 Å². The van der Waals surface area contributed by atoms with E-state index in [-0.39, 0.29) is 5.78 Å². The third kappa shape index (κ3) is 2.45. The molecule has 0 fully saturated rings. The van der Waals surface area contributed by atoms with Crippen molar-refractivity contribution in [1.82, 2.24) is 0 Å². The lowest BCUT2D eigenvalue weighted by molar-refractivity contribution is 0.104. The Morgan fingerprint density at radius 3 is 1.91 bits per heavy atom. The van der Waals surface area contributed by atoms with E-state index in [0.29, 0.717) is 5.56 Å². The minimum atomic E-state index is 0.0549. The van der Waals surface area contributed by atoms with Gasteiger partial charge in [0.15, 0.2) is 5.78 Å². The summed E-state index contributed by atoms with van der Waals surface area (Å²) in [6, 6.07) is 25.8. The quantitative estimate of drug-likeness (QED) is 0.317. The monoisotopic (exact) mass is 360 g/mol. The highest BCUT2D eigenvalue weighted by Crippen LogP contribution is 2.30. The zero-order valence-electron chi connectivity index (χ0n) is 12.3. The molecule has 110 valence electrons. The van der Waals surface area contributed by atoms with Crippen LogP contribution in [-0.2, 0) is 0 Å². The summed E-state index contributed by atoms with van der Waals surface area (Å²) in [6.07, 6.45) is 0. The highest BCUT2D eigenvalue weighted by Gasteiger charge is 2.16. The maximum Gasteiger partial charge on any atom is 0.194 e. The van der Waals surface area contributed by atoms with Gasteiger partial charge in [0.1, 0.15) is 0 Å². The second-order valence-electron chi connectivity index (χ2n) is 5.53. The number of rotatable bonds is 2. The first-order chi connectivity index (χ1) is 11.2. The number of hydrogen-bond acceptors (Lipinski definition) is 1. The minimum Gasteiger partial charge on any atom is -0.289 e. The van der Waals surface area contributed by atoms with E-state index in [9.17, 15) is 4.79 Å². The van der Waals surface area contributed by atoms with Crippen molar-refractivity contribution in [3.8, 4) is 0 Å². The molecule has 0 aliphatic rings.